The Kier molecular flexibility index (Phi) is 7.84. The Balaban J connectivity index is 1.63. The molecule has 0 spiro atoms. The summed E-state index contributed by atoms with van der Waals surface area (Å²) in [6, 6.07) is 12.2. The number of anilines is 1. The van der Waals surface area contributed by atoms with Crippen molar-refractivity contribution in [1.82, 2.24) is 9.88 Å². The minimum Gasteiger partial charge on any atom is -0.379 e. The summed E-state index contributed by atoms with van der Waals surface area (Å²) in [6.45, 7) is 11.4. The monoisotopic (exact) mass is 469 g/mol. The molecular formula is C25H31N3O2S2. The van der Waals surface area contributed by atoms with Crippen LogP contribution >= 0.6 is 23.1 Å². The van der Waals surface area contributed by atoms with Gasteiger partial charge in [-0.25, -0.2) is 4.98 Å². The highest BCUT2D eigenvalue weighted by molar-refractivity contribution is 7.99. The molecule has 0 bridgehead atoms. The minimum atomic E-state index is 0.0389. The van der Waals surface area contributed by atoms with Crippen molar-refractivity contribution < 1.29 is 9.53 Å². The average Bonchev–Trinajstić information content (AvgIpc) is 3.22. The summed E-state index contributed by atoms with van der Waals surface area (Å²) in [6.07, 6.45) is 0.906. The lowest BCUT2D eigenvalue weighted by atomic mass is 10.1. The predicted octanol–water partition coefficient (Wildman–Crippen LogP) is 5.39. The summed E-state index contributed by atoms with van der Waals surface area (Å²) >= 11 is 3.33. The summed E-state index contributed by atoms with van der Waals surface area (Å²) in [7, 11) is 0. The quantitative estimate of drug-likeness (QED) is 0.414. The van der Waals surface area contributed by atoms with Gasteiger partial charge >= 0.3 is 0 Å². The molecule has 1 aliphatic rings. The number of nitrogens with zero attached hydrogens (tertiary/aromatic N) is 3. The van der Waals surface area contributed by atoms with Crippen LogP contribution in [-0.4, -0.2) is 60.9 Å². The van der Waals surface area contributed by atoms with E-state index in [2.05, 4.69) is 37.8 Å². The van der Waals surface area contributed by atoms with Gasteiger partial charge in [0.05, 0.1) is 29.0 Å². The van der Waals surface area contributed by atoms with E-state index < -0.39 is 0 Å². The zero-order valence-corrected chi connectivity index (χ0v) is 20.7. The number of aromatic nitrogens is 1. The number of thiazole rings is 1. The molecule has 5 nitrogen and oxygen atoms in total. The lowest BCUT2D eigenvalue weighted by Crippen LogP contribution is -2.39. The van der Waals surface area contributed by atoms with Gasteiger partial charge in [-0.1, -0.05) is 36.5 Å². The molecule has 7 heteroatoms. The van der Waals surface area contributed by atoms with Crippen LogP contribution in [0.15, 0.2) is 41.3 Å². The standard InChI is InChI=1S/C25H31N3O2S2/c1-4-31-22-9-6-5-8-20(22)24(29)28(11-7-10-27-12-14-30-15-13-27)25-26-21-17-18(2)16-19(3)23(21)32-25/h5-6,8-9,16-17H,4,7,10-15H2,1-3H3. The summed E-state index contributed by atoms with van der Waals surface area (Å²) in [5, 5.41) is 0.789. The summed E-state index contributed by atoms with van der Waals surface area (Å²) in [4.78, 5) is 24.0. The molecule has 0 N–H and O–H groups in total. The fourth-order valence-corrected chi connectivity index (χ4v) is 5.95. The number of morpholine rings is 1. The molecule has 0 radical (unpaired) electrons. The van der Waals surface area contributed by atoms with Crippen molar-refractivity contribution in [2.45, 2.75) is 32.1 Å². The van der Waals surface area contributed by atoms with E-state index >= 15 is 0 Å². The zero-order chi connectivity index (χ0) is 22.5. The van der Waals surface area contributed by atoms with Gasteiger partial charge in [0, 0.05) is 31.1 Å². The molecule has 3 aromatic rings. The van der Waals surface area contributed by atoms with Crippen molar-refractivity contribution in [3.05, 3.63) is 53.1 Å². The summed E-state index contributed by atoms with van der Waals surface area (Å²) in [5.74, 6) is 0.970. The molecule has 0 atom stereocenters. The molecule has 1 aliphatic heterocycles. The Morgan fingerprint density at radius 3 is 2.78 bits per heavy atom. The SMILES string of the molecule is CCSc1ccccc1C(=O)N(CCCN1CCOCC1)c1nc2cc(C)cc(C)c2s1. The van der Waals surface area contributed by atoms with Crippen molar-refractivity contribution in [3.8, 4) is 0 Å². The van der Waals surface area contributed by atoms with Crippen LogP contribution in [0.5, 0.6) is 0 Å². The summed E-state index contributed by atoms with van der Waals surface area (Å²) in [5.41, 5.74) is 4.15. The molecule has 1 saturated heterocycles. The highest BCUT2D eigenvalue weighted by Crippen LogP contribution is 2.34. The van der Waals surface area contributed by atoms with Gasteiger partial charge in [-0.15, -0.1) is 11.8 Å². The van der Waals surface area contributed by atoms with Crippen LogP contribution in [0.2, 0.25) is 0 Å². The number of carbonyl (C=O) groups is 1. The van der Waals surface area contributed by atoms with E-state index in [1.54, 1.807) is 23.1 Å². The predicted molar refractivity (Wildman–Crippen MR) is 135 cm³/mol. The Labute approximate surface area is 198 Å². The lowest BCUT2D eigenvalue weighted by molar-refractivity contribution is 0.0376. The van der Waals surface area contributed by atoms with Crippen molar-refractivity contribution in [3.63, 3.8) is 0 Å². The van der Waals surface area contributed by atoms with Gasteiger partial charge in [-0.2, -0.15) is 0 Å². The van der Waals surface area contributed by atoms with Crippen LogP contribution in [0.3, 0.4) is 0 Å². The van der Waals surface area contributed by atoms with Crippen molar-refractivity contribution in [1.29, 1.82) is 0 Å². The number of carbonyl (C=O) groups excluding carboxylic acids is 1. The maximum atomic E-state index is 13.8. The van der Waals surface area contributed by atoms with E-state index in [0.29, 0.717) is 6.54 Å². The second-order valence-electron chi connectivity index (χ2n) is 8.12. The number of hydrogen-bond acceptors (Lipinski definition) is 6. The molecule has 0 aliphatic carbocycles. The Morgan fingerprint density at radius 1 is 1.22 bits per heavy atom. The maximum absolute atomic E-state index is 13.8. The fraction of sp³-hybridized carbons (Fsp3) is 0.440. The van der Waals surface area contributed by atoms with Gasteiger partial charge in [0.2, 0.25) is 0 Å². The molecule has 2 aromatic carbocycles. The Hall–Kier alpha value is -1.93. The average molecular weight is 470 g/mol. The van der Waals surface area contributed by atoms with E-state index in [1.165, 1.54) is 11.1 Å². The Bertz CT molecular complexity index is 1080. The van der Waals surface area contributed by atoms with E-state index in [4.69, 9.17) is 9.72 Å². The van der Waals surface area contributed by atoms with E-state index in [9.17, 15) is 4.79 Å². The van der Waals surface area contributed by atoms with E-state index in [1.807, 2.05) is 29.2 Å². The van der Waals surface area contributed by atoms with Crippen molar-refractivity contribution in [2.24, 2.45) is 0 Å². The Morgan fingerprint density at radius 2 is 2.00 bits per heavy atom. The van der Waals surface area contributed by atoms with Gasteiger partial charge in [-0.3, -0.25) is 14.6 Å². The number of amides is 1. The first-order valence-electron chi connectivity index (χ1n) is 11.3. The van der Waals surface area contributed by atoms with Crippen LogP contribution < -0.4 is 4.90 Å². The minimum absolute atomic E-state index is 0.0389. The van der Waals surface area contributed by atoms with Gasteiger partial charge in [0.25, 0.3) is 5.91 Å². The number of benzene rings is 2. The van der Waals surface area contributed by atoms with Crippen molar-refractivity contribution in [2.75, 3.05) is 50.0 Å². The second kappa shape index (κ2) is 10.8. The first-order chi connectivity index (χ1) is 15.6. The molecule has 1 fully saturated rings. The first-order valence-corrected chi connectivity index (χ1v) is 13.1. The van der Waals surface area contributed by atoms with Crippen LogP contribution in [0.1, 0.15) is 34.8 Å². The third-order valence-electron chi connectivity index (χ3n) is 5.66. The normalized spacial score (nSPS) is 14.7. The second-order valence-corrected chi connectivity index (χ2v) is 10.4. The highest BCUT2D eigenvalue weighted by atomic mass is 32.2. The first kappa shape index (κ1) is 23.2. The van der Waals surface area contributed by atoms with Crippen LogP contribution in [-0.2, 0) is 4.74 Å². The molecule has 1 aromatic heterocycles. The van der Waals surface area contributed by atoms with Gasteiger partial charge in [0.1, 0.15) is 0 Å². The number of aryl methyl sites for hydroxylation is 2. The topological polar surface area (TPSA) is 45.7 Å². The largest absolute Gasteiger partial charge is 0.379 e. The van der Waals surface area contributed by atoms with Gasteiger partial charge in [0.15, 0.2) is 5.13 Å². The number of hydrogen-bond donors (Lipinski definition) is 0. The van der Waals surface area contributed by atoms with E-state index in [0.717, 1.165) is 70.8 Å². The number of ether oxygens (including phenoxy) is 1. The fourth-order valence-electron chi connectivity index (χ4n) is 4.11. The number of thioether (sulfide) groups is 1. The summed E-state index contributed by atoms with van der Waals surface area (Å²) < 4.78 is 6.63. The molecule has 0 unspecified atom stereocenters. The zero-order valence-electron chi connectivity index (χ0n) is 19.1. The van der Waals surface area contributed by atoms with Crippen LogP contribution in [0.4, 0.5) is 5.13 Å². The van der Waals surface area contributed by atoms with Gasteiger partial charge in [-0.05, 0) is 55.3 Å². The third kappa shape index (κ3) is 5.34. The molecule has 4 rings (SSSR count). The van der Waals surface area contributed by atoms with Crippen LogP contribution in [0.25, 0.3) is 10.2 Å². The highest BCUT2D eigenvalue weighted by Gasteiger charge is 2.24. The van der Waals surface area contributed by atoms with E-state index in [-0.39, 0.29) is 5.91 Å². The van der Waals surface area contributed by atoms with Crippen LogP contribution in [0, 0.1) is 13.8 Å². The number of rotatable bonds is 8. The molecule has 32 heavy (non-hydrogen) atoms. The number of fused-ring (bicyclic) bond motifs is 1. The third-order valence-corrected chi connectivity index (χ3v) is 7.85. The smallest absolute Gasteiger partial charge is 0.261 e. The molecule has 170 valence electrons. The van der Waals surface area contributed by atoms with Gasteiger partial charge < -0.3 is 4.74 Å². The molecule has 1 amide bonds. The lowest BCUT2D eigenvalue weighted by Gasteiger charge is -2.28. The maximum Gasteiger partial charge on any atom is 0.261 e. The molecule has 0 saturated carbocycles. The van der Waals surface area contributed by atoms with Crippen molar-refractivity contribution >= 4 is 44.4 Å². The molecule has 2 heterocycles. The molecular weight excluding hydrogens is 438 g/mol.